The number of hydrogen-bond donors (Lipinski definition) is 1. The van der Waals surface area contributed by atoms with E-state index in [1.54, 1.807) is 6.07 Å². The van der Waals surface area contributed by atoms with Crippen LogP contribution in [0.4, 0.5) is 4.39 Å². The molecule has 0 heterocycles. The van der Waals surface area contributed by atoms with Crippen LogP contribution in [0.2, 0.25) is 0 Å². The van der Waals surface area contributed by atoms with Gasteiger partial charge in [0.05, 0.1) is 0 Å². The molecule has 1 saturated carbocycles. The average molecular weight is 235 g/mol. The molecule has 1 aromatic rings. The highest BCUT2D eigenvalue weighted by Crippen LogP contribution is 2.39. The highest BCUT2D eigenvalue weighted by Gasteiger charge is 2.33. The standard InChI is InChI=1S/C15H22FN/c1-4-17-15-8-6-13(11(15)3)12-5-7-14(16)10(2)9-12/h5,7,9,11,13,15,17H,4,6,8H2,1-3H3. The van der Waals surface area contributed by atoms with Crippen LogP contribution in [0.1, 0.15) is 43.7 Å². The summed E-state index contributed by atoms with van der Waals surface area (Å²) >= 11 is 0. The average Bonchev–Trinajstić information content (AvgIpc) is 2.66. The Morgan fingerprint density at radius 1 is 1.35 bits per heavy atom. The Bertz CT molecular complexity index is 389. The summed E-state index contributed by atoms with van der Waals surface area (Å²) in [5.74, 6) is 1.13. The van der Waals surface area contributed by atoms with Crippen molar-refractivity contribution < 1.29 is 4.39 Å². The van der Waals surface area contributed by atoms with Crippen molar-refractivity contribution in [2.45, 2.75) is 45.6 Å². The van der Waals surface area contributed by atoms with Crippen LogP contribution in [0.25, 0.3) is 0 Å². The Morgan fingerprint density at radius 2 is 2.12 bits per heavy atom. The lowest BCUT2D eigenvalue weighted by molar-refractivity contribution is 0.411. The summed E-state index contributed by atoms with van der Waals surface area (Å²) < 4.78 is 13.3. The third kappa shape index (κ3) is 2.52. The lowest BCUT2D eigenvalue weighted by Crippen LogP contribution is -2.32. The fourth-order valence-electron chi connectivity index (χ4n) is 3.08. The van der Waals surface area contributed by atoms with E-state index in [1.807, 2.05) is 19.1 Å². The van der Waals surface area contributed by atoms with Gasteiger partial charge in [-0.2, -0.15) is 0 Å². The molecule has 0 bridgehead atoms. The molecule has 1 nitrogen and oxygen atoms in total. The topological polar surface area (TPSA) is 12.0 Å². The minimum Gasteiger partial charge on any atom is -0.314 e. The Labute approximate surface area is 103 Å². The Morgan fingerprint density at radius 3 is 2.76 bits per heavy atom. The molecular formula is C15H22FN. The summed E-state index contributed by atoms with van der Waals surface area (Å²) in [6.45, 7) is 7.34. The van der Waals surface area contributed by atoms with E-state index >= 15 is 0 Å². The monoisotopic (exact) mass is 235 g/mol. The van der Waals surface area contributed by atoms with Crippen molar-refractivity contribution in [3.05, 3.63) is 35.1 Å². The van der Waals surface area contributed by atoms with E-state index < -0.39 is 0 Å². The maximum atomic E-state index is 13.3. The summed E-state index contributed by atoms with van der Waals surface area (Å²) in [5.41, 5.74) is 2.07. The van der Waals surface area contributed by atoms with Crippen LogP contribution in [-0.4, -0.2) is 12.6 Å². The van der Waals surface area contributed by atoms with Crippen LogP contribution < -0.4 is 5.32 Å². The van der Waals surface area contributed by atoms with Crippen LogP contribution in [0.3, 0.4) is 0 Å². The second kappa shape index (κ2) is 5.18. The number of nitrogens with one attached hydrogen (secondary N) is 1. The fourth-order valence-corrected chi connectivity index (χ4v) is 3.08. The predicted octanol–water partition coefficient (Wildman–Crippen LogP) is 3.63. The van der Waals surface area contributed by atoms with E-state index in [4.69, 9.17) is 0 Å². The molecule has 1 aliphatic carbocycles. The highest BCUT2D eigenvalue weighted by atomic mass is 19.1. The van der Waals surface area contributed by atoms with Crippen molar-refractivity contribution in [1.29, 1.82) is 0 Å². The van der Waals surface area contributed by atoms with Gasteiger partial charge in [0.2, 0.25) is 0 Å². The van der Waals surface area contributed by atoms with Crippen LogP contribution in [0.5, 0.6) is 0 Å². The predicted molar refractivity (Wildman–Crippen MR) is 69.7 cm³/mol. The zero-order valence-corrected chi connectivity index (χ0v) is 11.0. The number of rotatable bonds is 3. The molecule has 1 N–H and O–H groups in total. The lowest BCUT2D eigenvalue weighted by atomic mass is 9.88. The van der Waals surface area contributed by atoms with Gasteiger partial charge in [-0.3, -0.25) is 0 Å². The SMILES string of the molecule is CCNC1CCC(c2ccc(F)c(C)c2)C1C. The molecule has 94 valence electrons. The third-order valence-corrected chi connectivity index (χ3v) is 4.13. The zero-order valence-electron chi connectivity index (χ0n) is 11.0. The van der Waals surface area contributed by atoms with E-state index in [1.165, 1.54) is 18.4 Å². The molecule has 2 rings (SSSR count). The molecule has 1 aromatic carbocycles. The van der Waals surface area contributed by atoms with Crippen LogP contribution >= 0.6 is 0 Å². The molecule has 3 atom stereocenters. The van der Waals surface area contributed by atoms with Gasteiger partial charge in [0.15, 0.2) is 0 Å². The van der Waals surface area contributed by atoms with Gasteiger partial charge in [-0.15, -0.1) is 0 Å². The van der Waals surface area contributed by atoms with E-state index in [0.29, 0.717) is 17.9 Å². The number of aryl methyl sites for hydroxylation is 1. The molecule has 2 heteroatoms. The Balaban J connectivity index is 2.15. The van der Waals surface area contributed by atoms with Crippen molar-refractivity contribution >= 4 is 0 Å². The van der Waals surface area contributed by atoms with Gasteiger partial charge in [0.25, 0.3) is 0 Å². The van der Waals surface area contributed by atoms with Gasteiger partial charge < -0.3 is 5.32 Å². The number of benzene rings is 1. The molecule has 0 aromatic heterocycles. The van der Waals surface area contributed by atoms with Crippen LogP contribution in [0, 0.1) is 18.7 Å². The van der Waals surface area contributed by atoms with E-state index in [0.717, 1.165) is 12.1 Å². The first-order valence-corrected chi connectivity index (χ1v) is 6.63. The zero-order chi connectivity index (χ0) is 12.4. The minimum atomic E-state index is -0.0948. The molecule has 0 amide bonds. The molecule has 3 unspecified atom stereocenters. The molecule has 1 fully saturated rings. The van der Waals surface area contributed by atoms with Gasteiger partial charge in [-0.05, 0) is 55.3 Å². The Hall–Kier alpha value is -0.890. The second-order valence-corrected chi connectivity index (χ2v) is 5.22. The molecular weight excluding hydrogens is 213 g/mol. The van der Waals surface area contributed by atoms with Crippen molar-refractivity contribution in [3.63, 3.8) is 0 Å². The molecule has 0 saturated heterocycles. The summed E-state index contributed by atoms with van der Waals surface area (Å²) in [7, 11) is 0. The van der Waals surface area contributed by atoms with Crippen LogP contribution in [0.15, 0.2) is 18.2 Å². The fraction of sp³-hybridized carbons (Fsp3) is 0.600. The summed E-state index contributed by atoms with van der Waals surface area (Å²) in [5, 5.41) is 3.55. The van der Waals surface area contributed by atoms with Gasteiger partial charge in [0, 0.05) is 6.04 Å². The van der Waals surface area contributed by atoms with Crippen LogP contribution in [-0.2, 0) is 0 Å². The highest BCUT2D eigenvalue weighted by molar-refractivity contribution is 5.28. The summed E-state index contributed by atoms with van der Waals surface area (Å²) in [6, 6.07) is 6.20. The molecule has 1 aliphatic rings. The number of halogens is 1. The quantitative estimate of drug-likeness (QED) is 0.843. The van der Waals surface area contributed by atoms with Crippen molar-refractivity contribution in [2.24, 2.45) is 5.92 Å². The largest absolute Gasteiger partial charge is 0.314 e. The molecule has 0 radical (unpaired) electrons. The van der Waals surface area contributed by atoms with E-state index in [2.05, 4.69) is 19.2 Å². The van der Waals surface area contributed by atoms with Crippen molar-refractivity contribution in [2.75, 3.05) is 6.54 Å². The number of hydrogen-bond acceptors (Lipinski definition) is 1. The molecule has 17 heavy (non-hydrogen) atoms. The minimum absolute atomic E-state index is 0.0948. The molecule has 0 spiro atoms. The van der Waals surface area contributed by atoms with Gasteiger partial charge in [0.1, 0.15) is 5.82 Å². The lowest BCUT2D eigenvalue weighted by Gasteiger charge is -2.22. The second-order valence-electron chi connectivity index (χ2n) is 5.22. The van der Waals surface area contributed by atoms with Gasteiger partial charge >= 0.3 is 0 Å². The van der Waals surface area contributed by atoms with E-state index in [9.17, 15) is 4.39 Å². The van der Waals surface area contributed by atoms with E-state index in [-0.39, 0.29) is 5.82 Å². The first-order valence-electron chi connectivity index (χ1n) is 6.63. The summed E-state index contributed by atoms with van der Waals surface area (Å²) in [4.78, 5) is 0. The first kappa shape index (κ1) is 12.6. The van der Waals surface area contributed by atoms with Gasteiger partial charge in [-0.25, -0.2) is 4.39 Å². The third-order valence-electron chi connectivity index (χ3n) is 4.13. The van der Waals surface area contributed by atoms with Crippen molar-refractivity contribution in [3.8, 4) is 0 Å². The van der Waals surface area contributed by atoms with Gasteiger partial charge in [-0.1, -0.05) is 26.0 Å². The maximum absolute atomic E-state index is 13.3. The smallest absolute Gasteiger partial charge is 0.126 e. The normalized spacial score (nSPS) is 28.6. The Kier molecular flexibility index (Phi) is 3.82. The maximum Gasteiger partial charge on any atom is 0.126 e. The van der Waals surface area contributed by atoms with Crippen molar-refractivity contribution in [1.82, 2.24) is 5.32 Å². The summed E-state index contributed by atoms with van der Waals surface area (Å²) in [6.07, 6.45) is 2.44. The first-order chi connectivity index (χ1) is 8.13. The molecule has 0 aliphatic heterocycles.